The zero-order chi connectivity index (χ0) is 21.3. The van der Waals surface area contributed by atoms with Crippen molar-refractivity contribution in [3.8, 4) is 11.4 Å². The van der Waals surface area contributed by atoms with Gasteiger partial charge in [0.05, 0.1) is 7.11 Å². The molecule has 0 aliphatic rings. The number of carbonyl (C=O) groups is 1. The van der Waals surface area contributed by atoms with Gasteiger partial charge in [0.15, 0.2) is 11.5 Å². The van der Waals surface area contributed by atoms with Crippen molar-refractivity contribution in [2.75, 3.05) is 7.11 Å². The van der Waals surface area contributed by atoms with E-state index in [1.54, 1.807) is 0 Å². The van der Waals surface area contributed by atoms with Gasteiger partial charge in [0, 0.05) is 19.7 Å². The molecule has 8 nitrogen and oxygen atoms in total. The van der Waals surface area contributed by atoms with E-state index >= 15 is 0 Å². The van der Waals surface area contributed by atoms with Crippen molar-refractivity contribution in [1.29, 1.82) is 0 Å². The number of aryl methyl sites for hydroxylation is 1. The van der Waals surface area contributed by atoms with Crippen LogP contribution < -0.4 is 11.2 Å². The highest BCUT2D eigenvalue weighted by Gasteiger charge is 2.24. The number of hydrogen-bond donors (Lipinski definition) is 0. The second kappa shape index (κ2) is 8.16. The highest BCUT2D eigenvalue weighted by Crippen LogP contribution is 2.30. The summed E-state index contributed by atoms with van der Waals surface area (Å²) in [5.41, 5.74) is -0.456. The number of thioether (sulfide) groups is 1. The molecule has 2 aromatic heterocycles. The maximum absolute atomic E-state index is 13.3. The Hall–Kier alpha value is -3.01. The van der Waals surface area contributed by atoms with Gasteiger partial charge in [0.2, 0.25) is 0 Å². The molecule has 10 heteroatoms. The highest BCUT2D eigenvalue weighted by molar-refractivity contribution is 8.00. The van der Waals surface area contributed by atoms with Crippen LogP contribution in [0.3, 0.4) is 0 Å². The number of hydrogen-bond acceptors (Lipinski definition) is 7. The van der Waals surface area contributed by atoms with Crippen LogP contribution in [0.4, 0.5) is 4.39 Å². The van der Waals surface area contributed by atoms with Gasteiger partial charge >= 0.3 is 11.7 Å². The van der Waals surface area contributed by atoms with Gasteiger partial charge in [-0.1, -0.05) is 18.7 Å². The lowest BCUT2D eigenvalue weighted by Gasteiger charge is -2.15. The molecule has 152 valence electrons. The van der Waals surface area contributed by atoms with Crippen LogP contribution in [0, 0.1) is 5.82 Å². The largest absolute Gasteiger partial charge is 0.468 e. The number of benzene rings is 1. The van der Waals surface area contributed by atoms with Gasteiger partial charge in [-0.2, -0.15) is 0 Å². The van der Waals surface area contributed by atoms with Gasteiger partial charge in [-0.15, -0.1) is 0 Å². The van der Waals surface area contributed by atoms with E-state index in [4.69, 9.17) is 4.74 Å². The molecule has 0 aliphatic carbocycles. The van der Waals surface area contributed by atoms with Crippen LogP contribution in [0.2, 0.25) is 0 Å². The molecule has 0 amide bonds. The standard InChI is InChI=1S/C19H19FN4O4S/c1-5-12(18(26)28-4)29-16-13-15(23(2)19(27)24(3)17(13)25)21-14(22-16)10-6-8-11(20)9-7-10/h6-9,12H,5H2,1-4H3/t12-/m1/s1. The summed E-state index contributed by atoms with van der Waals surface area (Å²) in [5.74, 6) is -0.653. The lowest BCUT2D eigenvalue weighted by molar-refractivity contribution is -0.140. The second-order valence-electron chi connectivity index (χ2n) is 6.30. The van der Waals surface area contributed by atoms with Crippen LogP contribution >= 0.6 is 11.8 Å². The highest BCUT2D eigenvalue weighted by atomic mass is 32.2. The maximum Gasteiger partial charge on any atom is 0.332 e. The van der Waals surface area contributed by atoms with Crippen LogP contribution in [0.5, 0.6) is 0 Å². The number of rotatable bonds is 5. The van der Waals surface area contributed by atoms with Crippen molar-refractivity contribution in [3.05, 3.63) is 50.9 Å². The van der Waals surface area contributed by atoms with Crippen LogP contribution in [-0.2, 0) is 23.6 Å². The van der Waals surface area contributed by atoms with Crippen LogP contribution in [0.25, 0.3) is 22.4 Å². The van der Waals surface area contributed by atoms with Gasteiger partial charge in [-0.3, -0.25) is 18.7 Å². The quantitative estimate of drug-likeness (QED) is 0.355. The van der Waals surface area contributed by atoms with Crippen molar-refractivity contribution in [3.63, 3.8) is 0 Å². The molecule has 0 spiro atoms. The Kier molecular flexibility index (Phi) is 5.83. The average Bonchev–Trinajstić information content (AvgIpc) is 2.73. The summed E-state index contributed by atoms with van der Waals surface area (Å²) in [5, 5.41) is -0.211. The van der Waals surface area contributed by atoms with Crippen molar-refractivity contribution < 1.29 is 13.9 Å². The molecule has 0 saturated carbocycles. The van der Waals surface area contributed by atoms with E-state index in [0.29, 0.717) is 12.0 Å². The Bertz CT molecular complexity index is 1200. The van der Waals surface area contributed by atoms with Gasteiger partial charge in [0.25, 0.3) is 5.56 Å². The predicted octanol–water partition coefficient (Wildman–Crippen LogP) is 1.88. The fourth-order valence-corrected chi connectivity index (χ4v) is 3.87. The first-order valence-electron chi connectivity index (χ1n) is 8.76. The van der Waals surface area contributed by atoms with Crippen LogP contribution in [-0.4, -0.2) is 37.4 Å². The van der Waals surface area contributed by atoms with E-state index in [2.05, 4.69) is 9.97 Å². The smallest absolute Gasteiger partial charge is 0.332 e. The molecule has 3 aromatic rings. The van der Waals surface area contributed by atoms with Crippen molar-refractivity contribution in [2.24, 2.45) is 14.1 Å². The number of fused-ring (bicyclic) bond motifs is 1. The first-order chi connectivity index (χ1) is 13.8. The summed E-state index contributed by atoms with van der Waals surface area (Å²) >= 11 is 1.07. The number of halogens is 1. The van der Waals surface area contributed by atoms with Crippen molar-refractivity contribution in [2.45, 2.75) is 23.6 Å². The summed E-state index contributed by atoms with van der Waals surface area (Å²) in [4.78, 5) is 46.1. The molecule has 0 radical (unpaired) electrons. The predicted molar refractivity (Wildman–Crippen MR) is 107 cm³/mol. The molecule has 0 fully saturated rings. The number of esters is 1. The zero-order valence-electron chi connectivity index (χ0n) is 16.3. The van der Waals surface area contributed by atoms with E-state index in [-0.39, 0.29) is 21.9 Å². The SMILES string of the molecule is CC[C@@H](Sc1nc(-c2ccc(F)cc2)nc2c1c(=O)n(C)c(=O)n2C)C(=O)OC. The van der Waals surface area contributed by atoms with E-state index in [1.807, 2.05) is 6.92 Å². The molecule has 1 aromatic carbocycles. The van der Waals surface area contributed by atoms with Crippen LogP contribution in [0.15, 0.2) is 38.9 Å². The van der Waals surface area contributed by atoms with Gasteiger partial charge in [-0.25, -0.2) is 19.2 Å². The monoisotopic (exact) mass is 418 g/mol. The van der Waals surface area contributed by atoms with Gasteiger partial charge in [0.1, 0.15) is 21.5 Å². The Morgan fingerprint density at radius 2 is 1.83 bits per heavy atom. The number of nitrogens with zero attached hydrogens (tertiary/aromatic N) is 4. The Morgan fingerprint density at radius 1 is 1.17 bits per heavy atom. The van der Waals surface area contributed by atoms with E-state index in [1.165, 1.54) is 50.0 Å². The molecule has 0 N–H and O–H groups in total. The van der Waals surface area contributed by atoms with Crippen molar-refractivity contribution >= 4 is 28.8 Å². The summed E-state index contributed by atoms with van der Waals surface area (Å²) in [7, 11) is 4.15. The summed E-state index contributed by atoms with van der Waals surface area (Å²) < 4.78 is 20.3. The lowest BCUT2D eigenvalue weighted by atomic mass is 10.2. The topological polar surface area (TPSA) is 96.1 Å². The minimum absolute atomic E-state index is 0.132. The second-order valence-corrected chi connectivity index (χ2v) is 7.49. The average molecular weight is 418 g/mol. The summed E-state index contributed by atoms with van der Waals surface area (Å²) in [6, 6.07) is 5.54. The molecule has 1 atom stereocenters. The molecule has 0 bridgehead atoms. The molecule has 2 heterocycles. The summed E-state index contributed by atoms with van der Waals surface area (Å²) in [6.07, 6.45) is 0.445. The third-order valence-corrected chi connectivity index (χ3v) is 5.79. The maximum atomic E-state index is 13.3. The number of ether oxygens (including phenoxy) is 1. The first kappa shape index (κ1) is 20.7. The minimum atomic E-state index is -0.596. The third kappa shape index (κ3) is 3.80. The Labute approximate surface area is 169 Å². The number of aromatic nitrogens is 4. The van der Waals surface area contributed by atoms with Gasteiger partial charge in [-0.05, 0) is 30.7 Å². The minimum Gasteiger partial charge on any atom is -0.468 e. The fourth-order valence-electron chi connectivity index (χ4n) is 2.81. The van der Waals surface area contributed by atoms with Crippen molar-refractivity contribution in [1.82, 2.24) is 19.1 Å². The Balaban J connectivity index is 2.34. The molecule has 0 saturated heterocycles. The third-order valence-electron chi connectivity index (χ3n) is 4.46. The molecule has 3 rings (SSSR count). The zero-order valence-corrected chi connectivity index (χ0v) is 17.1. The summed E-state index contributed by atoms with van der Waals surface area (Å²) in [6.45, 7) is 1.81. The molecular formula is C19H19FN4O4S. The number of carbonyl (C=O) groups excluding carboxylic acids is 1. The Morgan fingerprint density at radius 3 is 2.41 bits per heavy atom. The molecule has 0 unspecified atom stereocenters. The van der Waals surface area contributed by atoms with E-state index in [9.17, 15) is 18.8 Å². The number of methoxy groups -OCH3 is 1. The lowest BCUT2D eigenvalue weighted by Crippen LogP contribution is -2.37. The van der Waals surface area contributed by atoms with E-state index in [0.717, 1.165) is 16.3 Å². The van der Waals surface area contributed by atoms with E-state index < -0.39 is 28.3 Å². The fraction of sp³-hybridized carbons (Fsp3) is 0.316. The molecule has 29 heavy (non-hydrogen) atoms. The first-order valence-corrected chi connectivity index (χ1v) is 9.64. The van der Waals surface area contributed by atoms with Gasteiger partial charge < -0.3 is 4.74 Å². The normalized spacial score (nSPS) is 12.2. The molecular weight excluding hydrogens is 399 g/mol. The molecule has 0 aliphatic heterocycles. The van der Waals surface area contributed by atoms with Crippen LogP contribution in [0.1, 0.15) is 13.3 Å².